The molecule has 0 unspecified atom stereocenters. The summed E-state index contributed by atoms with van der Waals surface area (Å²) in [6, 6.07) is 7.75. The van der Waals surface area contributed by atoms with Gasteiger partial charge in [-0.2, -0.15) is 0 Å². The van der Waals surface area contributed by atoms with E-state index in [2.05, 4.69) is 32.6 Å². The molecule has 2 heterocycles. The Morgan fingerprint density at radius 1 is 1.23 bits per heavy atom. The second kappa shape index (κ2) is 5.99. The highest BCUT2D eigenvalue weighted by molar-refractivity contribution is 14.1. The van der Waals surface area contributed by atoms with E-state index in [1.54, 1.807) is 7.11 Å². The van der Waals surface area contributed by atoms with Crippen LogP contribution in [0, 0.1) is 3.70 Å². The highest BCUT2D eigenvalue weighted by Crippen LogP contribution is 2.35. The van der Waals surface area contributed by atoms with Crippen molar-refractivity contribution >= 4 is 39.4 Å². The fourth-order valence-electron chi connectivity index (χ4n) is 2.22. The van der Waals surface area contributed by atoms with E-state index in [1.807, 2.05) is 35.9 Å². The molecule has 114 valence electrons. The zero-order valence-corrected chi connectivity index (χ0v) is 14.4. The number of nitrogens with zero attached hydrogens (tertiary/aromatic N) is 3. The van der Waals surface area contributed by atoms with Crippen LogP contribution in [0.25, 0.3) is 11.0 Å². The first-order valence-corrected chi connectivity index (χ1v) is 7.69. The number of nitrogens with two attached hydrogens (primary N) is 1. The predicted molar refractivity (Wildman–Crippen MR) is 93.0 cm³/mol. The Labute approximate surface area is 141 Å². The molecule has 0 saturated heterocycles. The Morgan fingerprint density at radius 3 is 2.64 bits per heavy atom. The number of aromatic nitrogens is 3. The second-order valence-electron chi connectivity index (χ2n) is 4.77. The smallest absolute Gasteiger partial charge is 0.164 e. The summed E-state index contributed by atoms with van der Waals surface area (Å²) in [6.45, 7) is 0.438. The van der Waals surface area contributed by atoms with Crippen molar-refractivity contribution in [3.05, 3.63) is 39.9 Å². The summed E-state index contributed by atoms with van der Waals surface area (Å²) < 4.78 is 14.0. The van der Waals surface area contributed by atoms with E-state index in [0.717, 1.165) is 26.0 Å². The number of hydrogen-bond acceptors (Lipinski definition) is 5. The van der Waals surface area contributed by atoms with Gasteiger partial charge in [-0.3, -0.25) is 0 Å². The molecule has 0 bridgehead atoms. The second-order valence-corrected chi connectivity index (χ2v) is 5.80. The maximum atomic E-state index is 5.98. The lowest BCUT2D eigenvalue weighted by atomic mass is 10.2. The molecule has 0 amide bonds. The van der Waals surface area contributed by atoms with Crippen molar-refractivity contribution in [2.75, 3.05) is 12.8 Å². The summed E-state index contributed by atoms with van der Waals surface area (Å²) in [5.74, 6) is 1.96. The fourth-order valence-corrected chi connectivity index (χ4v) is 2.87. The van der Waals surface area contributed by atoms with Crippen molar-refractivity contribution in [1.82, 2.24) is 14.5 Å². The van der Waals surface area contributed by atoms with E-state index in [0.29, 0.717) is 18.2 Å². The van der Waals surface area contributed by atoms with Crippen molar-refractivity contribution in [2.45, 2.75) is 6.61 Å². The number of rotatable bonds is 4. The Morgan fingerprint density at radius 2 is 1.95 bits per heavy atom. The van der Waals surface area contributed by atoms with Gasteiger partial charge < -0.3 is 19.8 Å². The molecule has 0 radical (unpaired) electrons. The van der Waals surface area contributed by atoms with Gasteiger partial charge in [0.1, 0.15) is 39.2 Å². The molecule has 3 aromatic rings. The summed E-state index contributed by atoms with van der Waals surface area (Å²) in [5, 5.41) is 0.753. The molecule has 22 heavy (non-hydrogen) atoms. The first-order valence-electron chi connectivity index (χ1n) is 6.62. The van der Waals surface area contributed by atoms with Crippen LogP contribution in [0.2, 0.25) is 0 Å². The van der Waals surface area contributed by atoms with E-state index < -0.39 is 0 Å². The third-order valence-corrected chi connectivity index (χ3v) is 4.64. The van der Waals surface area contributed by atoms with Crippen LogP contribution in [0.15, 0.2) is 30.6 Å². The molecule has 7 heteroatoms. The maximum absolute atomic E-state index is 5.98. The summed E-state index contributed by atoms with van der Waals surface area (Å²) in [4.78, 5) is 8.32. The number of ether oxygens (including phenoxy) is 2. The van der Waals surface area contributed by atoms with E-state index in [1.165, 1.54) is 6.33 Å². The van der Waals surface area contributed by atoms with Crippen LogP contribution in [-0.4, -0.2) is 21.6 Å². The lowest BCUT2D eigenvalue weighted by Crippen LogP contribution is -1.98. The Kier molecular flexibility index (Phi) is 4.06. The van der Waals surface area contributed by atoms with Gasteiger partial charge in [-0.05, 0) is 40.3 Å². The zero-order chi connectivity index (χ0) is 15.7. The normalized spacial score (nSPS) is 10.9. The summed E-state index contributed by atoms with van der Waals surface area (Å²) in [6.07, 6.45) is 1.46. The van der Waals surface area contributed by atoms with E-state index in [9.17, 15) is 0 Å². The van der Waals surface area contributed by atoms with Crippen LogP contribution < -0.4 is 15.2 Å². The van der Waals surface area contributed by atoms with Crippen LogP contribution >= 0.6 is 22.6 Å². The number of aryl methyl sites for hydroxylation is 1. The average molecular weight is 410 g/mol. The van der Waals surface area contributed by atoms with Crippen molar-refractivity contribution in [3.63, 3.8) is 0 Å². The van der Waals surface area contributed by atoms with Crippen molar-refractivity contribution in [3.8, 4) is 11.5 Å². The van der Waals surface area contributed by atoms with Crippen molar-refractivity contribution in [2.24, 2.45) is 7.05 Å². The molecule has 0 aliphatic rings. The lowest BCUT2D eigenvalue weighted by Gasteiger charge is -2.07. The van der Waals surface area contributed by atoms with Gasteiger partial charge in [0.25, 0.3) is 0 Å². The molecule has 0 saturated carbocycles. The number of nitrogen functional groups attached to an aromatic ring is 1. The van der Waals surface area contributed by atoms with E-state index in [-0.39, 0.29) is 0 Å². The number of anilines is 1. The summed E-state index contributed by atoms with van der Waals surface area (Å²) in [5.41, 5.74) is 7.79. The molecule has 1 aromatic carbocycles. The first kappa shape index (κ1) is 14.9. The van der Waals surface area contributed by atoms with Gasteiger partial charge in [0.15, 0.2) is 5.75 Å². The largest absolute Gasteiger partial charge is 0.497 e. The van der Waals surface area contributed by atoms with Gasteiger partial charge in [0, 0.05) is 7.05 Å². The van der Waals surface area contributed by atoms with E-state index in [4.69, 9.17) is 15.2 Å². The van der Waals surface area contributed by atoms with Gasteiger partial charge in [-0.1, -0.05) is 12.1 Å². The average Bonchev–Trinajstić information content (AvgIpc) is 2.79. The minimum Gasteiger partial charge on any atom is -0.497 e. The number of fused-ring (bicyclic) bond motifs is 1. The SMILES string of the molecule is COc1ccc(COc2c(I)n(C)c3ncnc(N)c23)cc1. The highest BCUT2D eigenvalue weighted by Gasteiger charge is 2.18. The Balaban J connectivity index is 1.92. The minimum absolute atomic E-state index is 0.424. The van der Waals surface area contributed by atoms with Gasteiger partial charge in [-0.25, -0.2) is 9.97 Å². The molecule has 2 N–H and O–H groups in total. The molecule has 0 spiro atoms. The molecule has 0 aliphatic heterocycles. The molecule has 3 rings (SSSR count). The maximum Gasteiger partial charge on any atom is 0.164 e. The molecule has 0 atom stereocenters. The molecular weight excluding hydrogens is 395 g/mol. The monoisotopic (exact) mass is 410 g/mol. The number of hydrogen-bond donors (Lipinski definition) is 1. The van der Waals surface area contributed by atoms with Gasteiger partial charge in [0.05, 0.1) is 7.11 Å². The third kappa shape index (κ3) is 2.56. The standard InChI is InChI=1S/C15H15IN4O2/c1-20-13(16)12(11-14(17)18-8-19-15(11)20)22-7-9-3-5-10(21-2)6-4-9/h3-6,8H,7H2,1-2H3,(H2,17,18,19). The Hall–Kier alpha value is -2.03. The molecule has 2 aromatic heterocycles. The van der Waals surface area contributed by atoms with Crippen LogP contribution in [0.5, 0.6) is 11.5 Å². The molecule has 0 aliphatic carbocycles. The van der Waals surface area contributed by atoms with Crippen LogP contribution in [-0.2, 0) is 13.7 Å². The first-order chi connectivity index (χ1) is 10.6. The fraction of sp³-hybridized carbons (Fsp3) is 0.200. The minimum atomic E-state index is 0.424. The summed E-state index contributed by atoms with van der Waals surface area (Å²) in [7, 11) is 3.57. The predicted octanol–water partition coefficient (Wildman–Crippen LogP) is 2.74. The number of benzene rings is 1. The molecule has 6 nitrogen and oxygen atoms in total. The van der Waals surface area contributed by atoms with Crippen LogP contribution in [0.1, 0.15) is 5.56 Å². The van der Waals surface area contributed by atoms with E-state index >= 15 is 0 Å². The quantitative estimate of drug-likeness (QED) is 0.670. The summed E-state index contributed by atoms with van der Waals surface area (Å²) >= 11 is 2.22. The van der Waals surface area contributed by atoms with Crippen LogP contribution in [0.3, 0.4) is 0 Å². The molecule has 0 fully saturated rings. The Bertz CT molecular complexity index is 815. The van der Waals surface area contributed by atoms with Gasteiger partial charge in [-0.15, -0.1) is 0 Å². The molecular formula is C15H15IN4O2. The van der Waals surface area contributed by atoms with Gasteiger partial charge in [0.2, 0.25) is 0 Å². The van der Waals surface area contributed by atoms with Crippen molar-refractivity contribution in [1.29, 1.82) is 0 Å². The lowest BCUT2D eigenvalue weighted by molar-refractivity contribution is 0.306. The third-order valence-electron chi connectivity index (χ3n) is 3.43. The van der Waals surface area contributed by atoms with Crippen molar-refractivity contribution < 1.29 is 9.47 Å². The highest BCUT2D eigenvalue weighted by atomic mass is 127. The number of halogens is 1. The van der Waals surface area contributed by atoms with Gasteiger partial charge >= 0.3 is 0 Å². The number of methoxy groups -OCH3 is 1. The zero-order valence-electron chi connectivity index (χ0n) is 12.2. The topological polar surface area (TPSA) is 75.2 Å². The van der Waals surface area contributed by atoms with Crippen LogP contribution in [0.4, 0.5) is 5.82 Å².